The van der Waals surface area contributed by atoms with Crippen LogP contribution in [0.1, 0.15) is 48.6 Å². The summed E-state index contributed by atoms with van der Waals surface area (Å²) < 4.78 is 13.8. The highest BCUT2D eigenvalue weighted by molar-refractivity contribution is 7.99. The fourth-order valence-electron chi connectivity index (χ4n) is 4.47. The van der Waals surface area contributed by atoms with Crippen molar-refractivity contribution >= 4 is 23.7 Å². The molecule has 0 spiro atoms. The van der Waals surface area contributed by atoms with E-state index in [-0.39, 0.29) is 6.61 Å². The van der Waals surface area contributed by atoms with Gasteiger partial charge in [-0.1, -0.05) is 85.4 Å². The molecule has 2 heterocycles. The largest absolute Gasteiger partial charge is 0.489 e. The fourth-order valence-corrected chi connectivity index (χ4v) is 5.15. The molecular formula is C31H32N4O3S. The van der Waals surface area contributed by atoms with Crippen molar-refractivity contribution in [2.45, 2.75) is 51.6 Å². The van der Waals surface area contributed by atoms with Gasteiger partial charge in [-0.3, -0.25) is 0 Å². The van der Waals surface area contributed by atoms with Crippen LogP contribution in [0.3, 0.4) is 0 Å². The Hall–Kier alpha value is -4.04. The number of hydrogen-bond donors (Lipinski definition) is 1. The Bertz CT molecular complexity index is 1480. The summed E-state index contributed by atoms with van der Waals surface area (Å²) in [5.41, 5.74) is 5.28. The summed E-state index contributed by atoms with van der Waals surface area (Å²) in [7, 11) is 0. The van der Waals surface area contributed by atoms with Crippen LogP contribution in [0, 0.1) is 6.92 Å². The van der Waals surface area contributed by atoms with Gasteiger partial charge in [0, 0.05) is 11.4 Å². The van der Waals surface area contributed by atoms with Crippen LogP contribution in [0.2, 0.25) is 0 Å². The Balaban J connectivity index is 1.46. The number of nitrogens with one attached hydrogen (secondary N) is 1. The zero-order valence-corrected chi connectivity index (χ0v) is 23.2. The third kappa shape index (κ3) is 6.17. The third-order valence-corrected chi connectivity index (χ3v) is 7.57. The topological polar surface area (TPSA) is 78.3 Å². The molecule has 8 heteroatoms. The van der Waals surface area contributed by atoms with Crippen molar-refractivity contribution in [2.75, 3.05) is 11.1 Å². The molecule has 0 saturated carbocycles. The van der Waals surface area contributed by atoms with Gasteiger partial charge in [0.1, 0.15) is 25.0 Å². The van der Waals surface area contributed by atoms with Crippen LogP contribution in [0.5, 0.6) is 5.75 Å². The number of aromatic nitrogens is 3. The number of ether oxygens (including phenoxy) is 2. The summed E-state index contributed by atoms with van der Waals surface area (Å²) in [5, 5.41) is 8.74. The van der Waals surface area contributed by atoms with Gasteiger partial charge in [-0.05, 0) is 54.7 Å². The predicted molar refractivity (Wildman–Crippen MR) is 154 cm³/mol. The number of nitrogens with zero attached hydrogens (tertiary/aromatic N) is 3. The Morgan fingerprint density at radius 1 is 1.00 bits per heavy atom. The molecule has 0 radical (unpaired) electrons. The number of anilines is 1. The molecule has 200 valence electrons. The van der Waals surface area contributed by atoms with Gasteiger partial charge in [0.05, 0.1) is 5.57 Å². The lowest BCUT2D eigenvalue weighted by molar-refractivity contribution is -0.140. The van der Waals surface area contributed by atoms with Crippen molar-refractivity contribution in [3.63, 3.8) is 0 Å². The Morgan fingerprint density at radius 3 is 2.59 bits per heavy atom. The van der Waals surface area contributed by atoms with Gasteiger partial charge in [0.2, 0.25) is 11.1 Å². The first-order valence-corrected chi connectivity index (χ1v) is 14.1. The second-order valence-corrected chi connectivity index (χ2v) is 10.5. The molecule has 1 aliphatic heterocycles. The van der Waals surface area contributed by atoms with Crippen molar-refractivity contribution in [1.82, 2.24) is 14.8 Å². The van der Waals surface area contributed by atoms with E-state index < -0.39 is 12.0 Å². The molecule has 1 N–H and O–H groups in total. The van der Waals surface area contributed by atoms with Gasteiger partial charge in [-0.15, -0.1) is 5.10 Å². The third-order valence-electron chi connectivity index (χ3n) is 6.53. The van der Waals surface area contributed by atoms with Gasteiger partial charge >= 0.3 is 5.97 Å². The van der Waals surface area contributed by atoms with E-state index in [1.807, 2.05) is 73.7 Å². The van der Waals surface area contributed by atoms with E-state index in [1.54, 1.807) is 16.4 Å². The number of benzene rings is 3. The minimum atomic E-state index is -0.519. The van der Waals surface area contributed by atoms with Gasteiger partial charge in [-0.2, -0.15) is 4.98 Å². The highest BCUT2D eigenvalue weighted by Gasteiger charge is 2.35. The molecule has 0 aliphatic carbocycles. The average Bonchev–Trinajstić information content (AvgIpc) is 3.36. The zero-order chi connectivity index (χ0) is 27.2. The fraction of sp³-hybridized carbons (Fsp3) is 0.258. The molecule has 1 atom stereocenters. The molecule has 0 saturated heterocycles. The van der Waals surface area contributed by atoms with Crippen molar-refractivity contribution in [3.8, 4) is 5.75 Å². The van der Waals surface area contributed by atoms with Crippen LogP contribution in [0.4, 0.5) is 5.95 Å². The minimum Gasteiger partial charge on any atom is -0.489 e. The second kappa shape index (κ2) is 12.2. The summed E-state index contributed by atoms with van der Waals surface area (Å²) in [6, 6.07) is 25.1. The number of allylic oxidation sites excluding steroid dienone is 1. The lowest BCUT2D eigenvalue weighted by Crippen LogP contribution is -2.29. The summed E-state index contributed by atoms with van der Waals surface area (Å²) in [4.78, 5) is 18.3. The van der Waals surface area contributed by atoms with Crippen LogP contribution in [0.25, 0.3) is 0 Å². The summed E-state index contributed by atoms with van der Waals surface area (Å²) in [5.74, 6) is 1.83. The highest BCUT2D eigenvalue weighted by Crippen LogP contribution is 2.38. The maximum Gasteiger partial charge on any atom is 0.338 e. The van der Waals surface area contributed by atoms with Crippen molar-refractivity contribution in [1.29, 1.82) is 0 Å². The average molecular weight is 541 g/mol. The first-order valence-electron chi connectivity index (χ1n) is 13.1. The molecular weight excluding hydrogens is 508 g/mol. The molecule has 0 fully saturated rings. The van der Waals surface area contributed by atoms with E-state index in [4.69, 9.17) is 19.6 Å². The molecule has 1 unspecified atom stereocenters. The lowest BCUT2D eigenvalue weighted by atomic mass is 9.95. The quantitative estimate of drug-likeness (QED) is 0.177. The van der Waals surface area contributed by atoms with E-state index in [1.165, 1.54) is 5.56 Å². The zero-order valence-electron chi connectivity index (χ0n) is 22.4. The molecule has 1 aliphatic rings. The number of rotatable bonds is 10. The smallest absolute Gasteiger partial charge is 0.338 e. The van der Waals surface area contributed by atoms with Gasteiger partial charge in [0.25, 0.3) is 0 Å². The number of thioether (sulfide) groups is 1. The maximum absolute atomic E-state index is 13.6. The number of carbonyl (C=O) groups excluding carboxylic acids is 1. The molecule has 4 aromatic rings. The number of carbonyl (C=O) groups is 1. The minimum absolute atomic E-state index is 0.185. The SMILES string of the molecule is CCCSc1nc2n(n1)C(c1cccc(OCc3ccccc3C)c1)C(C(=O)OCc1ccccc1)=C(C)N2. The standard InChI is InChI=1S/C31H32N4O3S/c1-4-17-39-31-33-30-32-22(3)27(29(36)38-19-23-12-6-5-7-13-23)28(35(30)34-31)24-15-10-16-26(18-24)37-20-25-14-9-8-11-21(25)2/h5-16,18,28H,4,17,19-20H2,1-3H3,(H,32,33,34). The van der Waals surface area contributed by atoms with E-state index in [0.29, 0.717) is 34.7 Å². The molecule has 3 aromatic carbocycles. The number of esters is 1. The van der Waals surface area contributed by atoms with E-state index in [9.17, 15) is 4.79 Å². The predicted octanol–water partition coefficient (Wildman–Crippen LogP) is 6.70. The number of hydrogen-bond acceptors (Lipinski definition) is 7. The molecule has 0 amide bonds. The highest BCUT2D eigenvalue weighted by atomic mass is 32.2. The van der Waals surface area contributed by atoms with Crippen LogP contribution < -0.4 is 10.1 Å². The second-order valence-electron chi connectivity index (χ2n) is 9.43. The lowest BCUT2D eigenvalue weighted by Gasteiger charge is -2.28. The Labute approximate surface area is 233 Å². The van der Waals surface area contributed by atoms with Crippen molar-refractivity contribution < 1.29 is 14.3 Å². The number of aryl methyl sites for hydroxylation is 1. The van der Waals surface area contributed by atoms with Crippen LogP contribution in [0.15, 0.2) is 95.3 Å². The van der Waals surface area contributed by atoms with Crippen LogP contribution in [-0.2, 0) is 22.7 Å². The van der Waals surface area contributed by atoms with Gasteiger partial charge < -0.3 is 14.8 Å². The first-order chi connectivity index (χ1) is 19.0. The van der Waals surface area contributed by atoms with Gasteiger partial charge in [0.15, 0.2) is 0 Å². The Morgan fingerprint density at radius 2 is 1.79 bits per heavy atom. The van der Waals surface area contributed by atoms with Gasteiger partial charge in [-0.25, -0.2) is 9.48 Å². The molecule has 39 heavy (non-hydrogen) atoms. The summed E-state index contributed by atoms with van der Waals surface area (Å²) in [6.07, 6.45) is 1.01. The molecule has 1 aromatic heterocycles. The van der Waals surface area contributed by atoms with Crippen molar-refractivity contribution in [3.05, 3.63) is 112 Å². The van der Waals surface area contributed by atoms with Crippen molar-refractivity contribution in [2.24, 2.45) is 0 Å². The molecule has 0 bridgehead atoms. The van der Waals surface area contributed by atoms with E-state index in [0.717, 1.165) is 28.9 Å². The molecule has 5 rings (SSSR count). The maximum atomic E-state index is 13.6. The van der Waals surface area contributed by atoms with E-state index >= 15 is 0 Å². The summed E-state index contributed by atoms with van der Waals surface area (Å²) >= 11 is 1.60. The van der Waals surface area contributed by atoms with E-state index in [2.05, 4.69) is 31.3 Å². The van der Waals surface area contributed by atoms with Crippen LogP contribution >= 0.6 is 11.8 Å². The number of fused-ring (bicyclic) bond motifs is 1. The normalized spacial score (nSPS) is 14.5. The molecule has 7 nitrogen and oxygen atoms in total. The monoisotopic (exact) mass is 540 g/mol. The van der Waals surface area contributed by atoms with Crippen LogP contribution in [-0.4, -0.2) is 26.5 Å². The Kier molecular flexibility index (Phi) is 8.32. The summed E-state index contributed by atoms with van der Waals surface area (Å²) in [6.45, 7) is 6.71. The first kappa shape index (κ1) is 26.6.